The highest BCUT2D eigenvalue weighted by molar-refractivity contribution is 7.11. The molecule has 0 aliphatic heterocycles. The van der Waals surface area contributed by atoms with Gasteiger partial charge in [-0.15, -0.1) is 11.3 Å². The molecule has 0 unspecified atom stereocenters. The first-order valence-corrected chi connectivity index (χ1v) is 11.4. The first-order valence-electron chi connectivity index (χ1n) is 9.72. The maximum absolute atomic E-state index is 12.6. The Morgan fingerprint density at radius 3 is 2.32 bits per heavy atom. The largest absolute Gasteiger partial charge is 0.346 e. The van der Waals surface area contributed by atoms with Crippen molar-refractivity contribution in [3.05, 3.63) is 114 Å². The highest BCUT2D eigenvalue weighted by Crippen LogP contribution is 2.16. The summed E-state index contributed by atoms with van der Waals surface area (Å²) >= 11 is 2.53. The molecule has 0 aliphatic carbocycles. The normalized spacial score (nSPS) is 10.7. The average molecular weight is 449 g/mol. The van der Waals surface area contributed by atoms with Crippen LogP contribution in [0.5, 0.6) is 0 Å². The Bertz CT molecular complexity index is 1250. The second-order valence-electron chi connectivity index (χ2n) is 7.02. The lowest BCUT2D eigenvalue weighted by atomic mass is 10.0. The minimum Gasteiger partial charge on any atom is -0.346 e. The summed E-state index contributed by atoms with van der Waals surface area (Å²) in [5.74, 6) is -0.281. The molecule has 0 bridgehead atoms. The predicted octanol–water partition coefficient (Wildman–Crippen LogP) is 4.49. The SMILES string of the molecule is Cc1c(C(=O)NCc2cccs2)sc(=O)n1Cc1ccc(C(=O)c2ccccc2)cc1. The minimum atomic E-state index is -0.240. The van der Waals surface area contributed by atoms with E-state index in [0.717, 1.165) is 21.8 Å². The molecule has 1 N–H and O–H groups in total. The topological polar surface area (TPSA) is 68.2 Å². The molecule has 31 heavy (non-hydrogen) atoms. The van der Waals surface area contributed by atoms with Crippen LogP contribution < -0.4 is 10.2 Å². The molecule has 0 aliphatic rings. The van der Waals surface area contributed by atoms with Crippen LogP contribution in [-0.4, -0.2) is 16.3 Å². The Hall–Kier alpha value is -3.29. The Morgan fingerprint density at radius 1 is 0.935 bits per heavy atom. The van der Waals surface area contributed by atoms with E-state index in [4.69, 9.17) is 0 Å². The van der Waals surface area contributed by atoms with Crippen LogP contribution >= 0.6 is 22.7 Å². The van der Waals surface area contributed by atoms with Crippen LogP contribution in [0.2, 0.25) is 0 Å². The number of benzene rings is 2. The average Bonchev–Trinajstić information content (AvgIpc) is 3.42. The lowest BCUT2D eigenvalue weighted by Gasteiger charge is -2.08. The molecule has 1 amide bonds. The number of carbonyl (C=O) groups is 2. The fraction of sp³-hybridized carbons (Fsp3) is 0.125. The van der Waals surface area contributed by atoms with Crippen LogP contribution in [0.15, 0.2) is 76.9 Å². The maximum atomic E-state index is 12.6. The van der Waals surface area contributed by atoms with E-state index in [1.54, 1.807) is 47.1 Å². The standard InChI is InChI=1S/C24H20N2O3S2/c1-16-22(23(28)25-14-20-8-5-13-30-20)31-24(29)26(16)15-17-9-11-19(12-10-17)21(27)18-6-3-2-4-7-18/h2-13H,14-15H2,1H3,(H,25,28). The van der Waals surface area contributed by atoms with Crippen molar-refractivity contribution < 1.29 is 9.59 Å². The van der Waals surface area contributed by atoms with Crippen molar-refractivity contribution in [2.24, 2.45) is 0 Å². The molecule has 0 saturated heterocycles. The highest BCUT2D eigenvalue weighted by Gasteiger charge is 2.18. The quantitative estimate of drug-likeness (QED) is 0.424. The molecular weight excluding hydrogens is 428 g/mol. The third-order valence-corrected chi connectivity index (χ3v) is 6.90. The molecule has 156 valence electrons. The first-order chi connectivity index (χ1) is 15.0. The molecule has 0 fully saturated rings. The zero-order valence-corrected chi connectivity index (χ0v) is 18.5. The van der Waals surface area contributed by atoms with Crippen molar-refractivity contribution in [3.63, 3.8) is 0 Å². The molecule has 7 heteroatoms. The van der Waals surface area contributed by atoms with Gasteiger partial charge >= 0.3 is 4.87 Å². The maximum Gasteiger partial charge on any atom is 0.308 e. The van der Waals surface area contributed by atoms with Crippen LogP contribution in [-0.2, 0) is 13.1 Å². The summed E-state index contributed by atoms with van der Waals surface area (Å²) in [4.78, 5) is 38.9. The predicted molar refractivity (Wildman–Crippen MR) is 124 cm³/mol. The van der Waals surface area contributed by atoms with Crippen molar-refractivity contribution in [1.29, 1.82) is 0 Å². The van der Waals surface area contributed by atoms with Gasteiger partial charge in [-0.2, -0.15) is 0 Å². The van der Waals surface area contributed by atoms with E-state index in [1.807, 2.05) is 47.8 Å². The Kier molecular flexibility index (Phi) is 6.25. The van der Waals surface area contributed by atoms with E-state index in [2.05, 4.69) is 5.32 Å². The van der Waals surface area contributed by atoms with E-state index >= 15 is 0 Å². The summed E-state index contributed by atoms with van der Waals surface area (Å²) < 4.78 is 1.60. The van der Waals surface area contributed by atoms with Gasteiger partial charge in [0.1, 0.15) is 4.88 Å². The zero-order chi connectivity index (χ0) is 21.8. The highest BCUT2D eigenvalue weighted by atomic mass is 32.1. The number of carbonyl (C=O) groups excluding carboxylic acids is 2. The van der Waals surface area contributed by atoms with Gasteiger partial charge in [-0.25, -0.2) is 0 Å². The van der Waals surface area contributed by atoms with Gasteiger partial charge < -0.3 is 5.32 Å². The molecule has 0 saturated carbocycles. The number of rotatable bonds is 7. The number of hydrogen-bond donors (Lipinski definition) is 1. The fourth-order valence-electron chi connectivity index (χ4n) is 3.23. The number of thiazole rings is 1. The van der Waals surface area contributed by atoms with Gasteiger partial charge in [-0.1, -0.05) is 72.0 Å². The summed E-state index contributed by atoms with van der Waals surface area (Å²) in [5, 5.41) is 4.83. The smallest absolute Gasteiger partial charge is 0.308 e. The molecule has 0 spiro atoms. The lowest BCUT2D eigenvalue weighted by molar-refractivity contribution is 0.0953. The zero-order valence-electron chi connectivity index (χ0n) is 16.8. The summed E-state index contributed by atoms with van der Waals surface area (Å²) in [7, 11) is 0. The number of ketones is 1. The number of nitrogens with zero attached hydrogens (tertiary/aromatic N) is 1. The molecule has 4 aromatic rings. The molecule has 0 radical (unpaired) electrons. The molecule has 2 aromatic heterocycles. The lowest BCUT2D eigenvalue weighted by Crippen LogP contribution is -2.22. The van der Waals surface area contributed by atoms with Crippen molar-refractivity contribution in [3.8, 4) is 0 Å². The number of hydrogen-bond acceptors (Lipinski definition) is 5. The molecule has 2 aromatic carbocycles. The number of aromatic nitrogens is 1. The van der Waals surface area contributed by atoms with Gasteiger partial charge in [0.2, 0.25) is 0 Å². The molecule has 4 rings (SSSR count). The van der Waals surface area contributed by atoms with Gasteiger partial charge in [0.15, 0.2) is 5.78 Å². The summed E-state index contributed by atoms with van der Waals surface area (Å²) in [5.41, 5.74) is 2.76. The second kappa shape index (κ2) is 9.24. The van der Waals surface area contributed by atoms with Crippen LogP contribution in [0.3, 0.4) is 0 Å². The van der Waals surface area contributed by atoms with Crippen LogP contribution in [0.1, 0.15) is 41.7 Å². The third-order valence-electron chi connectivity index (χ3n) is 4.95. The van der Waals surface area contributed by atoms with E-state index in [1.165, 1.54) is 0 Å². The van der Waals surface area contributed by atoms with Gasteiger partial charge in [0.05, 0.1) is 13.1 Å². The molecule has 5 nitrogen and oxygen atoms in total. The Balaban J connectivity index is 1.47. The fourth-order valence-corrected chi connectivity index (χ4v) is 4.78. The third kappa shape index (κ3) is 4.73. The van der Waals surface area contributed by atoms with Crippen LogP contribution in [0.4, 0.5) is 0 Å². The molecule has 0 atom stereocenters. The molecular formula is C24H20N2O3S2. The van der Waals surface area contributed by atoms with Crippen molar-refractivity contribution >= 4 is 34.4 Å². The Morgan fingerprint density at radius 2 is 1.65 bits per heavy atom. The van der Waals surface area contributed by atoms with Crippen molar-refractivity contribution in [2.75, 3.05) is 0 Å². The monoisotopic (exact) mass is 448 g/mol. The van der Waals surface area contributed by atoms with Crippen molar-refractivity contribution in [1.82, 2.24) is 9.88 Å². The number of thiophene rings is 1. The minimum absolute atomic E-state index is 0.0410. The van der Waals surface area contributed by atoms with E-state index in [0.29, 0.717) is 34.8 Å². The van der Waals surface area contributed by atoms with E-state index < -0.39 is 0 Å². The summed E-state index contributed by atoms with van der Waals surface area (Å²) in [6, 6.07) is 20.2. The van der Waals surface area contributed by atoms with Crippen LogP contribution in [0, 0.1) is 6.92 Å². The molecule has 2 heterocycles. The summed E-state index contributed by atoms with van der Waals surface area (Å²) in [6.07, 6.45) is 0. The number of amides is 1. The Labute approximate surface area is 187 Å². The second-order valence-corrected chi connectivity index (χ2v) is 9.02. The van der Waals surface area contributed by atoms with Crippen molar-refractivity contribution in [2.45, 2.75) is 20.0 Å². The number of nitrogens with one attached hydrogen (secondary N) is 1. The van der Waals surface area contributed by atoms with E-state index in [9.17, 15) is 14.4 Å². The van der Waals surface area contributed by atoms with Gasteiger partial charge in [-0.05, 0) is 23.9 Å². The first kappa shape index (κ1) is 21.0. The van der Waals surface area contributed by atoms with Gasteiger partial charge in [-0.3, -0.25) is 19.0 Å². The van der Waals surface area contributed by atoms with Gasteiger partial charge in [0.25, 0.3) is 5.91 Å². The van der Waals surface area contributed by atoms with Crippen LogP contribution in [0.25, 0.3) is 0 Å². The summed E-state index contributed by atoms with van der Waals surface area (Å²) in [6.45, 7) is 2.57. The van der Waals surface area contributed by atoms with Gasteiger partial charge in [0, 0.05) is 21.7 Å². The van der Waals surface area contributed by atoms with E-state index in [-0.39, 0.29) is 16.6 Å².